The van der Waals surface area contributed by atoms with E-state index in [0.29, 0.717) is 29.1 Å². The minimum Gasteiger partial charge on any atom is -0.497 e. The average Bonchev–Trinajstić information content (AvgIpc) is 3.13. The van der Waals surface area contributed by atoms with Gasteiger partial charge in [0.15, 0.2) is 0 Å². The molecule has 0 saturated heterocycles. The van der Waals surface area contributed by atoms with Crippen molar-refractivity contribution in [3.05, 3.63) is 74.9 Å². The molecule has 2 aromatic heterocycles. The molecule has 0 aliphatic carbocycles. The molecule has 0 aliphatic heterocycles. The summed E-state index contributed by atoms with van der Waals surface area (Å²) >= 11 is 0. The van der Waals surface area contributed by atoms with Crippen LogP contribution < -0.4 is 21.3 Å². The maximum Gasteiger partial charge on any atom is 0.352 e. The zero-order valence-corrected chi connectivity index (χ0v) is 18.9. The second kappa shape index (κ2) is 9.32. The number of aryl methyl sites for hydroxylation is 1. The van der Waals surface area contributed by atoms with Gasteiger partial charge in [0.25, 0.3) is 5.56 Å². The molecule has 1 amide bonds. The molecule has 1 N–H and O–H groups in total. The number of aromatic nitrogens is 4. The van der Waals surface area contributed by atoms with E-state index in [0.717, 1.165) is 5.56 Å². The van der Waals surface area contributed by atoms with Crippen molar-refractivity contribution < 1.29 is 9.53 Å². The van der Waals surface area contributed by atoms with Gasteiger partial charge in [-0.05, 0) is 35.7 Å². The number of methoxy groups -OCH3 is 1. The Labute approximate surface area is 190 Å². The lowest BCUT2D eigenvalue weighted by atomic mass is 10.2. The van der Waals surface area contributed by atoms with E-state index >= 15 is 0 Å². The summed E-state index contributed by atoms with van der Waals surface area (Å²) in [6.07, 6.45) is 0.109. The smallest absolute Gasteiger partial charge is 0.352 e. The lowest BCUT2D eigenvalue weighted by molar-refractivity contribution is -0.121. The van der Waals surface area contributed by atoms with E-state index in [1.807, 2.05) is 38.1 Å². The number of rotatable bonds is 8. The van der Waals surface area contributed by atoms with Crippen molar-refractivity contribution in [2.45, 2.75) is 33.4 Å². The van der Waals surface area contributed by atoms with Crippen LogP contribution in [-0.2, 0) is 17.9 Å². The molecule has 4 aromatic rings. The third kappa shape index (κ3) is 4.52. The lowest BCUT2D eigenvalue weighted by Crippen LogP contribution is -2.31. The Morgan fingerprint density at radius 3 is 2.67 bits per heavy atom. The van der Waals surface area contributed by atoms with Gasteiger partial charge in [0.2, 0.25) is 11.7 Å². The summed E-state index contributed by atoms with van der Waals surface area (Å²) in [4.78, 5) is 38.8. The quantitative estimate of drug-likeness (QED) is 0.444. The molecule has 9 heteroatoms. The molecule has 0 radical (unpaired) electrons. The molecule has 0 atom stereocenters. The molecule has 4 rings (SSSR count). The zero-order valence-electron chi connectivity index (χ0n) is 18.9. The van der Waals surface area contributed by atoms with Crippen LogP contribution in [0.15, 0.2) is 58.1 Å². The molecule has 2 aromatic carbocycles. The van der Waals surface area contributed by atoms with Gasteiger partial charge >= 0.3 is 5.69 Å². The molecule has 9 nitrogen and oxygen atoms in total. The van der Waals surface area contributed by atoms with Crippen LogP contribution in [0.3, 0.4) is 0 Å². The highest BCUT2D eigenvalue weighted by atomic mass is 16.5. The fraction of sp³-hybridized carbons (Fsp3) is 0.333. The largest absolute Gasteiger partial charge is 0.497 e. The molecule has 33 heavy (non-hydrogen) atoms. The Hall–Kier alpha value is -3.88. The van der Waals surface area contributed by atoms with Gasteiger partial charge in [-0.1, -0.05) is 38.1 Å². The summed E-state index contributed by atoms with van der Waals surface area (Å²) in [5.41, 5.74) is 0.682. The normalized spacial score (nSPS) is 11.4. The van der Waals surface area contributed by atoms with Crippen LogP contribution >= 0.6 is 0 Å². The number of fused-ring (bicyclic) bond motifs is 3. The second-order valence-electron chi connectivity index (χ2n) is 8.35. The van der Waals surface area contributed by atoms with Gasteiger partial charge in [-0.25, -0.2) is 13.9 Å². The number of carbonyl (C=O) groups is 1. The summed E-state index contributed by atoms with van der Waals surface area (Å²) in [6, 6.07) is 14.3. The van der Waals surface area contributed by atoms with Crippen LogP contribution in [0.4, 0.5) is 0 Å². The Morgan fingerprint density at radius 2 is 1.91 bits per heavy atom. The Kier molecular flexibility index (Phi) is 6.30. The number of benzene rings is 2. The van der Waals surface area contributed by atoms with Crippen LogP contribution in [0.5, 0.6) is 5.75 Å². The van der Waals surface area contributed by atoms with Crippen molar-refractivity contribution in [1.82, 2.24) is 24.1 Å². The van der Waals surface area contributed by atoms with Crippen LogP contribution in [-0.4, -0.2) is 38.3 Å². The Bertz CT molecular complexity index is 1430. The number of ether oxygens (including phenoxy) is 1. The minimum absolute atomic E-state index is 0.109. The number of nitrogens with one attached hydrogen (secondary N) is 1. The van der Waals surface area contributed by atoms with Crippen molar-refractivity contribution >= 4 is 22.6 Å². The van der Waals surface area contributed by atoms with Crippen molar-refractivity contribution in [2.75, 3.05) is 13.7 Å². The first-order valence-corrected chi connectivity index (χ1v) is 10.9. The number of nitrogens with zero attached hydrogens (tertiary/aromatic N) is 4. The number of para-hydroxylation sites is 1. The third-order valence-corrected chi connectivity index (χ3v) is 5.42. The standard InChI is InChI=1S/C24H27N5O4/c1-16(2)14-25-21(30)11-12-27-22(31)19-9-4-5-10-20(19)29-23(27)26-28(24(29)32)15-17-7-6-8-18(13-17)33-3/h4-10,13,16H,11-12,14-15H2,1-3H3,(H,25,30). The number of hydrogen-bond acceptors (Lipinski definition) is 5. The van der Waals surface area contributed by atoms with Gasteiger partial charge in [-0.2, -0.15) is 0 Å². The summed E-state index contributed by atoms with van der Waals surface area (Å²) in [7, 11) is 1.58. The SMILES string of the molecule is COc1cccc(Cn2nc3n(CCC(=O)NCC(C)C)c(=O)c4ccccc4n3c2=O)c1. The predicted octanol–water partition coefficient (Wildman–Crippen LogP) is 2.03. The van der Waals surface area contributed by atoms with Crippen LogP contribution in [0.2, 0.25) is 0 Å². The monoisotopic (exact) mass is 449 g/mol. The average molecular weight is 450 g/mol. The van der Waals surface area contributed by atoms with Crippen molar-refractivity contribution in [3.63, 3.8) is 0 Å². The Balaban J connectivity index is 1.79. The van der Waals surface area contributed by atoms with E-state index in [1.54, 1.807) is 31.4 Å². The maximum atomic E-state index is 13.3. The molecule has 0 fully saturated rings. The number of amides is 1. The van der Waals surface area contributed by atoms with E-state index in [2.05, 4.69) is 10.4 Å². The fourth-order valence-electron chi connectivity index (χ4n) is 3.74. The van der Waals surface area contributed by atoms with Crippen LogP contribution in [0.25, 0.3) is 16.7 Å². The van der Waals surface area contributed by atoms with E-state index in [4.69, 9.17) is 4.74 Å². The molecule has 0 bridgehead atoms. The van der Waals surface area contributed by atoms with Crippen molar-refractivity contribution in [2.24, 2.45) is 5.92 Å². The first-order chi connectivity index (χ1) is 15.9. The lowest BCUT2D eigenvalue weighted by Gasteiger charge is -2.10. The van der Waals surface area contributed by atoms with Gasteiger partial charge in [0, 0.05) is 19.5 Å². The summed E-state index contributed by atoms with van der Waals surface area (Å²) in [6.45, 7) is 4.93. The molecule has 0 unspecified atom stereocenters. The maximum absolute atomic E-state index is 13.3. The fourth-order valence-corrected chi connectivity index (χ4v) is 3.74. The molecular weight excluding hydrogens is 422 g/mol. The van der Waals surface area contributed by atoms with Gasteiger partial charge in [-0.15, -0.1) is 5.10 Å². The second-order valence-corrected chi connectivity index (χ2v) is 8.35. The van der Waals surface area contributed by atoms with Crippen LogP contribution in [0.1, 0.15) is 25.8 Å². The molecule has 0 spiro atoms. The molecule has 0 saturated carbocycles. The highest BCUT2D eigenvalue weighted by Crippen LogP contribution is 2.14. The molecule has 2 heterocycles. The molecular formula is C24H27N5O4. The third-order valence-electron chi connectivity index (χ3n) is 5.42. The first kappa shape index (κ1) is 22.3. The molecule has 172 valence electrons. The first-order valence-electron chi connectivity index (χ1n) is 10.9. The summed E-state index contributed by atoms with van der Waals surface area (Å²) in [5.74, 6) is 1.07. The van der Waals surface area contributed by atoms with E-state index in [-0.39, 0.29) is 42.4 Å². The van der Waals surface area contributed by atoms with Gasteiger partial charge in [0.05, 0.1) is 24.6 Å². The van der Waals surface area contributed by atoms with Crippen molar-refractivity contribution in [3.8, 4) is 5.75 Å². The van der Waals surface area contributed by atoms with E-state index < -0.39 is 0 Å². The van der Waals surface area contributed by atoms with Crippen molar-refractivity contribution in [1.29, 1.82) is 0 Å². The highest BCUT2D eigenvalue weighted by molar-refractivity contribution is 5.80. The van der Waals surface area contributed by atoms with E-state index in [9.17, 15) is 14.4 Å². The zero-order chi connectivity index (χ0) is 23.5. The topological polar surface area (TPSA) is 99.6 Å². The number of hydrogen-bond donors (Lipinski definition) is 1. The Morgan fingerprint density at radius 1 is 1.12 bits per heavy atom. The van der Waals surface area contributed by atoms with Crippen LogP contribution in [0, 0.1) is 5.92 Å². The van der Waals surface area contributed by atoms with Gasteiger partial charge < -0.3 is 10.1 Å². The summed E-state index contributed by atoms with van der Waals surface area (Å²) < 4.78 is 9.43. The van der Waals surface area contributed by atoms with Gasteiger partial charge in [-0.3, -0.25) is 14.2 Å². The van der Waals surface area contributed by atoms with Gasteiger partial charge in [0.1, 0.15) is 5.75 Å². The minimum atomic E-state index is -0.359. The highest BCUT2D eigenvalue weighted by Gasteiger charge is 2.18. The predicted molar refractivity (Wildman–Crippen MR) is 126 cm³/mol. The molecule has 0 aliphatic rings. The summed E-state index contributed by atoms with van der Waals surface area (Å²) in [5, 5.41) is 7.74. The number of carbonyl (C=O) groups excluding carboxylic acids is 1. The van der Waals surface area contributed by atoms with E-state index in [1.165, 1.54) is 13.6 Å².